The van der Waals surface area contributed by atoms with Crippen molar-refractivity contribution in [3.05, 3.63) is 234 Å². The first kappa shape index (κ1) is 32.3. The van der Waals surface area contributed by atoms with E-state index < -0.39 is 0 Å². The monoisotopic (exact) mass is 725 g/mol. The molecule has 0 saturated heterocycles. The van der Waals surface area contributed by atoms with Crippen LogP contribution in [0.5, 0.6) is 0 Å². The van der Waals surface area contributed by atoms with Gasteiger partial charge in [0.15, 0.2) is 0 Å². The quantitative estimate of drug-likeness (QED) is 0.175. The second kappa shape index (κ2) is 11.8. The molecule has 0 N–H and O–H groups in total. The molecular weight excluding hydrogens is 687 g/mol. The van der Waals surface area contributed by atoms with Crippen molar-refractivity contribution in [1.82, 2.24) is 0 Å². The van der Waals surface area contributed by atoms with Crippen molar-refractivity contribution in [3.8, 4) is 44.5 Å². The third kappa shape index (κ3) is 4.34. The lowest BCUT2D eigenvalue weighted by atomic mass is 9.70. The first-order valence-corrected chi connectivity index (χ1v) is 20.1. The Morgan fingerprint density at radius 3 is 1.46 bits per heavy atom. The smallest absolute Gasteiger partial charge is 0.0725 e. The Morgan fingerprint density at radius 1 is 0.316 bits per heavy atom. The summed E-state index contributed by atoms with van der Waals surface area (Å²) in [5.41, 5.74) is 21.5. The van der Waals surface area contributed by atoms with Gasteiger partial charge in [-0.25, -0.2) is 0 Å². The zero-order chi connectivity index (χ0) is 37.9. The van der Waals surface area contributed by atoms with E-state index >= 15 is 0 Å². The van der Waals surface area contributed by atoms with Crippen LogP contribution >= 0.6 is 0 Å². The second-order valence-electron chi connectivity index (χ2n) is 16.4. The van der Waals surface area contributed by atoms with Gasteiger partial charge in [-0.3, -0.25) is 0 Å². The van der Waals surface area contributed by atoms with E-state index in [9.17, 15) is 0 Å². The summed E-state index contributed by atoms with van der Waals surface area (Å²) < 4.78 is 0. The Labute approximate surface area is 334 Å². The van der Waals surface area contributed by atoms with Gasteiger partial charge < -0.3 is 4.90 Å². The average Bonchev–Trinajstić information content (AvgIpc) is 3.82. The Kier molecular flexibility index (Phi) is 6.67. The lowest BCUT2D eigenvalue weighted by Gasteiger charge is -2.31. The third-order valence-corrected chi connectivity index (χ3v) is 13.3. The van der Waals surface area contributed by atoms with Crippen LogP contribution in [0.1, 0.15) is 47.2 Å². The van der Waals surface area contributed by atoms with Gasteiger partial charge in [0.1, 0.15) is 0 Å². The Bertz CT molecular complexity index is 3060. The third-order valence-electron chi connectivity index (χ3n) is 13.3. The first-order chi connectivity index (χ1) is 28.0. The predicted octanol–water partition coefficient (Wildman–Crippen LogP) is 14.6. The van der Waals surface area contributed by atoms with Crippen LogP contribution in [0.15, 0.2) is 200 Å². The fourth-order valence-corrected chi connectivity index (χ4v) is 10.8. The normalized spacial score (nSPS) is 14.4. The number of hydrogen-bond donors (Lipinski definition) is 0. The lowest BCUT2D eigenvalue weighted by molar-refractivity contribution is 0.660. The van der Waals surface area contributed by atoms with Crippen molar-refractivity contribution in [2.75, 3.05) is 4.90 Å². The SMILES string of the molecule is CC1(C)c2ccccc2-c2ccc(N(c3ccc(-c4cccc5ccccc45)cc3)c3ccc4c(c3)-c3ccccc3C43c4ccccc4-c4ccccc43)cc21. The predicted molar refractivity (Wildman–Crippen MR) is 238 cm³/mol. The highest BCUT2D eigenvalue weighted by Gasteiger charge is 2.51. The molecule has 1 nitrogen and oxygen atoms in total. The Hall–Kier alpha value is -6.96. The van der Waals surface area contributed by atoms with Crippen LogP contribution in [-0.4, -0.2) is 0 Å². The van der Waals surface area contributed by atoms with E-state index in [4.69, 9.17) is 0 Å². The molecule has 3 aliphatic carbocycles. The van der Waals surface area contributed by atoms with Gasteiger partial charge in [0, 0.05) is 22.5 Å². The van der Waals surface area contributed by atoms with Gasteiger partial charge in [-0.05, 0) is 125 Å². The second-order valence-corrected chi connectivity index (χ2v) is 16.4. The maximum Gasteiger partial charge on any atom is 0.0725 e. The molecule has 0 atom stereocenters. The van der Waals surface area contributed by atoms with Crippen LogP contribution in [-0.2, 0) is 10.8 Å². The summed E-state index contributed by atoms with van der Waals surface area (Å²) >= 11 is 0. The molecule has 0 bridgehead atoms. The van der Waals surface area contributed by atoms with Crippen molar-refractivity contribution in [1.29, 1.82) is 0 Å². The number of fused-ring (bicyclic) bond motifs is 14. The average molecular weight is 726 g/mol. The van der Waals surface area contributed by atoms with Gasteiger partial charge in [-0.15, -0.1) is 0 Å². The number of nitrogens with zero attached hydrogens (tertiary/aromatic N) is 1. The fourth-order valence-electron chi connectivity index (χ4n) is 10.8. The maximum atomic E-state index is 2.47. The maximum absolute atomic E-state index is 2.47. The molecule has 268 valence electrons. The number of anilines is 3. The molecule has 0 aromatic heterocycles. The summed E-state index contributed by atoms with van der Waals surface area (Å²) in [6, 6.07) is 74.9. The van der Waals surface area contributed by atoms with E-state index in [1.165, 1.54) is 88.7 Å². The number of hydrogen-bond acceptors (Lipinski definition) is 1. The molecule has 0 radical (unpaired) electrons. The summed E-state index contributed by atoms with van der Waals surface area (Å²) in [6.45, 7) is 4.74. The molecule has 0 amide bonds. The van der Waals surface area contributed by atoms with E-state index in [1.54, 1.807) is 0 Å². The Morgan fingerprint density at radius 2 is 0.772 bits per heavy atom. The summed E-state index contributed by atoms with van der Waals surface area (Å²) in [5, 5.41) is 2.53. The molecule has 3 aliphatic rings. The zero-order valence-electron chi connectivity index (χ0n) is 32.0. The van der Waals surface area contributed by atoms with Gasteiger partial charge in [0.25, 0.3) is 0 Å². The van der Waals surface area contributed by atoms with Crippen molar-refractivity contribution in [3.63, 3.8) is 0 Å². The minimum Gasteiger partial charge on any atom is -0.310 e. The van der Waals surface area contributed by atoms with Gasteiger partial charge in [0.2, 0.25) is 0 Å². The summed E-state index contributed by atoms with van der Waals surface area (Å²) in [5.74, 6) is 0. The largest absolute Gasteiger partial charge is 0.310 e. The molecule has 1 spiro atoms. The van der Waals surface area contributed by atoms with Crippen LogP contribution < -0.4 is 4.90 Å². The summed E-state index contributed by atoms with van der Waals surface area (Å²) in [6.07, 6.45) is 0. The van der Waals surface area contributed by atoms with Gasteiger partial charge in [0.05, 0.1) is 5.41 Å². The summed E-state index contributed by atoms with van der Waals surface area (Å²) in [4.78, 5) is 2.47. The van der Waals surface area contributed by atoms with Crippen molar-refractivity contribution >= 4 is 27.8 Å². The standard InChI is InChI=1S/C56H39N/c1-55(2)49-22-9-5-17-43(49)47-32-30-40(35-54(47)55)57(38-28-26-37(27-29-38)42-21-13-15-36-14-3-4-16-41(36)42)39-31-33-53-48(34-39)46-20-8-12-25-52(46)56(53)50-23-10-6-18-44(50)45-19-7-11-24-51(45)56/h3-35H,1-2H3. The zero-order valence-corrected chi connectivity index (χ0v) is 32.0. The van der Waals surface area contributed by atoms with E-state index in [0.29, 0.717) is 0 Å². The molecule has 12 rings (SSSR count). The van der Waals surface area contributed by atoms with Crippen molar-refractivity contribution in [2.45, 2.75) is 24.7 Å². The first-order valence-electron chi connectivity index (χ1n) is 20.1. The summed E-state index contributed by atoms with van der Waals surface area (Å²) in [7, 11) is 0. The molecule has 0 heterocycles. The van der Waals surface area contributed by atoms with Crippen LogP contribution in [0, 0.1) is 0 Å². The van der Waals surface area contributed by atoms with Crippen molar-refractivity contribution in [2.24, 2.45) is 0 Å². The molecule has 0 aliphatic heterocycles. The molecule has 0 saturated carbocycles. The van der Waals surface area contributed by atoms with Crippen LogP contribution in [0.4, 0.5) is 17.1 Å². The van der Waals surface area contributed by atoms with Gasteiger partial charge >= 0.3 is 0 Å². The highest BCUT2D eigenvalue weighted by Crippen LogP contribution is 2.63. The molecular formula is C56H39N. The van der Waals surface area contributed by atoms with E-state index in [-0.39, 0.29) is 10.8 Å². The topological polar surface area (TPSA) is 3.24 Å². The van der Waals surface area contributed by atoms with Gasteiger partial charge in [-0.2, -0.15) is 0 Å². The van der Waals surface area contributed by atoms with Crippen molar-refractivity contribution < 1.29 is 0 Å². The lowest BCUT2D eigenvalue weighted by Crippen LogP contribution is -2.25. The van der Waals surface area contributed by atoms with Crippen LogP contribution in [0.25, 0.3) is 55.3 Å². The minimum atomic E-state index is -0.369. The van der Waals surface area contributed by atoms with Gasteiger partial charge in [-0.1, -0.05) is 178 Å². The highest BCUT2D eigenvalue weighted by molar-refractivity contribution is 5.99. The molecule has 1 heteroatoms. The molecule has 9 aromatic rings. The van der Waals surface area contributed by atoms with E-state index in [1.807, 2.05) is 0 Å². The van der Waals surface area contributed by atoms with Crippen LogP contribution in [0.3, 0.4) is 0 Å². The number of benzene rings is 9. The number of rotatable bonds is 4. The fraction of sp³-hybridized carbons (Fsp3) is 0.0714. The highest BCUT2D eigenvalue weighted by atomic mass is 15.1. The van der Waals surface area contributed by atoms with E-state index in [0.717, 1.165) is 17.1 Å². The molecule has 0 fully saturated rings. The van der Waals surface area contributed by atoms with E-state index in [2.05, 4.69) is 219 Å². The molecule has 0 unspecified atom stereocenters. The molecule has 9 aromatic carbocycles. The minimum absolute atomic E-state index is 0.113. The molecule has 57 heavy (non-hydrogen) atoms. The Balaban J connectivity index is 1.07. The van der Waals surface area contributed by atoms with Crippen LogP contribution in [0.2, 0.25) is 0 Å².